The van der Waals surface area contributed by atoms with Gasteiger partial charge in [-0.05, 0) is 43.5 Å². The minimum absolute atomic E-state index is 0.114. The topological polar surface area (TPSA) is 61.4 Å². The summed E-state index contributed by atoms with van der Waals surface area (Å²) in [5, 5.41) is 15.7. The van der Waals surface area contributed by atoms with Gasteiger partial charge in [0, 0.05) is 12.6 Å². The van der Waals surface area contributed by atoms with Crippen molar-refractivity contribution < 1.29 is 14.3 Å². The number of nitrogens with one attached hydrogen (secondary N) is 2. The molecule has 0 aliphatic carbocycles. The number of amides is 1. The Morgan fingerprint density at radius 2 is 2.37 bits per heavy atom. The second-order valence-corrected chi connectivity index (χ2v) is 5.10. The van der Waals surface area contributed by atoms with E-state index in [0.717, 1.165) is 25.6 Å². The predicted molar refractivity (Wildman–Crippen MR) is 70.5 cm³/mol. The second kappa shape index (κ2) is 6.02. The molecule has 4 nitrogen and oxygen atoms in total. The molecule has 0 aromatic heterocycles. The van der Waals surface area contributed by atoms with Crippen LogP contribution in [0.1, 0.15) is 23.7 Å². The van der Waals surface area contributed by atoms with Crippen LogP contribution in [0.4, 0.5) is 4.39 Å². The van der Waals surface area contributed by atoms with Crippen molar-refractivity contribution >= 4 is 5.91 Å². The number of hydrogen-bond acceptors (Lipinski definition) is 3. The number of carbonyl (C=O) groups excluding carboxylic acids is 1. The Bertz CT molecular complexity index is 465. The lowest BCUT2D eigenvalue weighted by atomic mass is 9.88. The van der Waals surface area contributed by atoms with Crippen LogP contribution in [0.2, 0.25) is 0 Å². The third-order valence-corrected chi connectivity index (χ3v) is 3.69. The number of rotatable bonds is 3. The number of phenols is 1. The highest BCUT2D eigenvalue weighted by molar-refractivity contribution is 5.96. The molecule has 1 aromatic rings. The number of piperidine rings is 1. The van der Waals surface area contributed by atoms with Crippen LogP contribution in [-0.2, 0) is 0 Å². The Balaban J connectivity index is 1.93. The Labute approximate surface area is 112 Å². The van der Waals surface area contributed by atoms with Crippen LogP contribution in [0.5, 0.6) is 5.75 Å². The molecular weight excluding hydrogens is 247 g/mol. The number of hydrogen-bond donors (Lipinski definition) is 3. The molecule has 2 atom stereocenters. The fraction of sp³-hybridized carbons (Fsp3) is 0.500. The molecule has 5 heteroatoms. The summed E-state index contributed by atoms with van der Waals surface area (Å²) in [4.78, 5) is 11.9. The van der Waals surface area contributed by atoms with E-state index >= 15 is 0 Å². The molecule has 2 rings (SSSR count). The first-order valence-electron chi connectivity index (χ1n) is 6.55. The highest BCUT2D eigenvalue weighted by Gasteiger charge is 2.22. The Hall–Kier alpha value is -1.62. The van der Waals surface area contributed by atoms with Gasteiger partial charge in [0.15, 0.2) is 0 Å². The summed E-state index contributed by atoms with van der Waals surface area (Å²) < 4.78 is 12.8. The number of aromatic hydroxyl groups is 1. The normalized spacial score (nSPS) is 23.1. The molecule has 1 aliphatic rings. The maximum absolute atomic E-state index is 12.8. The molecule has 2 unspecified atom stereocenters. The fourth-order valence-corrected chi connectivity index (χ4v) is 2.39. The van der Waals surface area contributed by atoms with E-state index in [0.29, 0.717) is 18.4 Å². The molecule has 1 aromatic carbocycles. The van der Waals surface area contributed by atoms with E-state index in [-0.39, 0.29) is 17.2 Å². The van der Waals surface area contributed by atoms with E-state index in [1.165, 1.54) is 12.1 Å². The molecule has 1 saturated heterocycles. The van der Waals surface area contributed by atoms with Gasteiger partial charge in [-0.15, -0.1) is 0 Å². The minimum Gasteiger partial charge on any atom is -0.507 e. The summed E-state index contributed by atoms with van der Waals surface area (Å²) in [6.07, 6.45) is 1.02. The standard InChI is InChI=1S/C14H19FN2O2/c1-9-7-16-5-4-10(9)8-17-14(19)12-3-2-11(15)6-13(12)18/h2-3,6,9-10,16,18H,4-5,7-8H2,1H3,(H,17,19). The van der Waals surface area contributed by atoms with E-state index in [9.17, 15) is 14.3 Å². The van der Waals surface area contributed by atoms with Crippen LogP contribution in [0.25, 0.3) is 0 Å². The largest absolute Gasteiger partial charge is 0.507 e. The number of halogens is 1. The summed E-state index contributed by atoms with van der Waals surface area (Å²) in [6, 6.07) is 3.41. The first kappa shape index (κ1) is 13.8. The van der Waals surface area contributed by atoms with Crippen molar-refractivity contribution in [2.45, 2.75) is 13.3 Å². The first-order valence-corrected chi connectivity index (χ1v) is 6.55. The van der Waals surface area contributed by atoms with Gasteiger partial charge in [-0.25, -0.2) is 4.39 Å². The van der Waals surface area contributed by atoms with Crippen molar-refractivity contribution in [3.05, 3.63) is 29.6 Å². The van der Waals surface area contributed by atoms with Crippen molar-refractivity contribution in [1.82, 2.24) is 10.6 Å². The Kier molecular flexibility index (Phi) is 4.37. The number of benzene rings is 1. The smallest absolute Gasteiger partial charge is 0.255 e. The molecule has 0 saturated carbocycles. The highest BCUT2D eigenvalue weighted by atomic mass is 19.1. The van der Waals surface area contributed by atoms with Gasteiger partial charge in [-0.3, -0.25) is 4.79 Å². The van der Waals surface area contributed by atoms with Gasteiger partial charge < -0.3 is 15.7 Å². The minimum atomic E-state index is -0.555. The maximum atomic E-state index is 12.8. The van der Waals surface area contributed by atoms with Crippen molar-refractivity contribution in [2.24, 2.45) is 11.8 Å². The van der Waals surface area contributed by atoms with E-state index < -0.39 is 5.82 Å². The summed E-state index contributed by atoms with van der Waals surface area (Å²) in [5.74, 6) is -0.288. The van der Waals surface area contributed by atoms with Crippen LogP contribution in [0.15, 0.2) is 18.2 Å². The molecule has 104 valence electrons. The molecule has 1 amide bonds. The maximum Gasteiger partial charge on any atom is 0.255 e. The van der Waals surface area contributed by atoms with Gasteiger partial charge >= 0.3 is 0 Å². The average molecular weight is 266 g/mol. The van der Waals surface area contributed by atoms with E-state index in [2.05, 4.69) is 17.6 Å². The lowest BCUT2D eigenvalue weighted by Gasteiger charge is -2.29. The summed E-state index contributed by atoms with van der Waals surface area (Å²) in [5.41, 5.74) is 0.114. The van der Waals surface area contributed by atoms with Crippen molar-refractivity contribution in [3.63, 3.8) is 0 Å². The van der Waals surface area contributed by atoms with E-state index in [1.54, 1.807) is 0 Å². The fourth-order valence-electron chi connectivity index (χ4n) is 2.39. The van der Waals surface area contributed by atoms with Crippen molar-refractivity contribution in [3.8, 4) is 5.75 Å². The Morgan fingerprint density at radius 1 is 1.58 bits per heavy atom. The highest BCUT2D eigenvalue weighted by Crippen LogP contribution is 2.20. The monoisotopic (exact) mass is 266 g/mol. The molecule has 0 radical (unpaired) electrons. The van der Waals surface area contributed by atoms with Crippen LogP contribution in [0, 0.1) is 17.7 Å². The molecule has 19 heavy (non-hydrogen) atoms. The van der Waals surface area contributed by atoms with Gasteiger partial charge in [0.1, 0.15) is 11.6 Å². The number of carbonyl (C=O) groups is 1. The molecule has 0 bridgehead atoms. The van der Waals surface area contributed by atoms with Gasteiger partial charge in [0.05, 0.1) is 5.56 Å². The van der Waals surface area contributed by atoms with Gasteiger partial charge in [-0.1, -0.05) is 6.92 Å². The Morgan fingerprint density at radius 3 is 3.05 bits per heavy atom. The van der Waals surface area contributed by atoms with Crippen LogP contribution in [-0.4, -0.2) is 30.6 Å². The lowest BCUT2D eigenvalue weighted by Crippen LogP contribution is -2.41. The molecular formula is C14H19FN2O2. The van der Waals surface area contributed by atoms with Crippen LogP contribution >= 0.6 is 0 Å². The van der Waals surface area contributed by atoms with Gasteiger partial charge in [0.2, 0.25) is 0 Å². The summed E-state index contributed by atoms with van der Waals surface area (Å²) in [7, 11) is 0. The zero-order chi connectivity index (χ0) is 13.8. The van der Waals surface area contributed by atoms with Crippen molar-refractivity contribution in [1.29, 1.82) is 0 Å². The second-order valence-electron chi connectivity index (χ2n) is 5.10. The quantitative estimate of drug-likeness (QED) is 0.777. The lowest BCUT2D eigenvalue weighted by molar-refractivity contribution is 0.0935. The van der Waals surface area contributed by atoms with Gasteiger partial charge in [-0.2, -0.15) is 0 Å². The molecule has 1 aliphatic heterocycles. The van der Waals surface area contributed by atoms with Gasteiger partial charge in [0.25, 0.3) is 5.91 Å². The summed E-state index contributed by atoms with van der Waals surface area (Å²) >= 11 is 0. The molecule has 1 heterocycles. The van der Waals surface area contributed by atoms with E-state index in [1.807, 2.05) is 0 Å². The third-order valence-electron chi connectivity index (χ3n) is 3.69. The average Bonchev–Trinajstić information content (AvgIpc) is 2.37. The number of phenolic OH excluding ortho intramolecular Hbond substituents is 1. The predicted octanol–water partition coefficient (Wildman–Crippen LogP) is 1.51. The van der Waals surface area contributed by atoms with E-state index in [4.69, 9.17) is 0 Å². The zero-order valence-electron chi connectivity index (χ0n) is 10.9. The van der Waals surface area contributed by atoms with Crippen molar-refractivity contribution in [2.75, 3.05) is 19.6 Å². The molecule has 0 spiro atoms. The summed E-state index contributed by atoms with van der Waals surface area (Å²) in [6.45, 7) is 4.66. The first-order chi connectivity index (χ1) is 9.08. The van der Waals surface area contributed by atoms with Crippen LogP contribution in [0.3, 0.4) is 0 Å². The molecule has 1 fully saturated rings. The zero-order valence-corrected chi connectivity index (χ0v) is 10.9. The van der Waals surface area contributed by atoms with Crippen LogP contribution < -0.4 is 10.6 Å². The molecule has 3 N–H and O–H groups in total. The SMILES string of the molecule is CC1CNCCC1CNC(=O)c1ccc(F)cc1O. The third kappa shape index (κ3) is 3.44.